The summed E-state index contributed by atoms with van der Waals surface area (Å²) in [5, 5.41) is 0. The highest BCUT2D eigenvalue weighted by molar-refractivity contribution is 5.92. The fourth-order valence-corrected chi connectivity index (χ4v) is 7.61. The second-order valence-corrected chi connectivity index (χ2v) is 11.7. The van der Waals surface area contributed by atoms with Crippen LogP contribution in [0.2, 0.25) is 0 Å². The van der Waals surface area contributed by atoms with Gasteiger partial charge in [0.05, 0.1) is 0 Å². The first kappa shape index (κ1) is 21.1. The Bertz CT molecular complexity index is 739. The molecule has 0 saturated heterocycles. The van der Waals surface area contributed by atoms with Crippen LogP contribution in [0.4, 0.5) is 0 Å². The first-order valence-electron chi connectivity index (χ1n) is 12.3. The van der Waals surface area contributed by atoms with Gasteiger partial charge in [0.15, 0.2) is 5.78 Å². The second-order valence-electron chi connectivity index (χ2n) is 11.7. The summed E-state index contributed by atoms with van der Waals surface area (Å²) in [4.78, 5) is 12.0. The molecule has 0 bridgehead atoms. The SMILES string of the molecule is CC(C)C(C)C=C[C@@H](C)[C@H]1CC[C@H]2[C@@H]3C=CC4=CC(=O)CC[C@]4(C)[C@H]3CC[C@]12C. The van der Waals surface area contributed by atoms with Crippen LogP contribution in [0.1, 0.15) is 80.1 Å². The number of rotatable bonds is 4. The van der Waals surface area contributed by atoms with Gasteiger partial charge < -0.3 is 0 Å². The Morgan fingerprint density at radius 2 is 1.76 bits per heavy atom. The van der Waals surface area contributed by atoms with E-state index in [1.54, 1.807) is 0 Å². The minimum Gasteiger partial charge on any atom is -0.295 e. The van der Waals surface area contributed by atoms with E-state index in [1.807, 2.05) is 6.08 Å². The predicted octanol–water partition coefficient (Wildman–Crippen LogP) is 7.39. The van der Waals surface area contributed by atoms with E-state index in [4.69, 9.17) is 0 Å². The van der Waals surface area contributed by atoms with Crippen LogP contribution in [0.3, 0.4) is 0 Å². The molecule has 0 aliphatic heterocycles. The first-order valence-corrected chi connectivity index (χ1v) is 12.3. The fraction of sp³-hybridized carbons (Fsp3) is 0.750. The molecular weight excluding hydrogens is 352 g/mol. The normalized spacial score (nSPS) is 43.7. The van der Waals surface area contributed by atoms with Crippen molar-refractivity contribution in [3.63, 3.8) is 0 Å². The molecular formula is C28H42O. The van der Waals surface area contributed by atoms with Crippen LogP contribution >= 0.6 is 0 Å². The largest absolute Gasteiger partial charge is 0.295 e. The number of carbonyl (C=O) groups is 1. The van der Waals surface area contributed by atoms with Crippen molar-refractivity contribution in [2.24, 2.45) is 52.3 Å². The highest BCUT2D eigenvalue weighted by Crippen LogP contribution is 2.66. The zero-order valence-corrected chi connectivity index (χ0v) is 19.6. The number of hydrogen-bond donors (Lipinski definition) is 0. The lowest BCUT2D eigenvalue weighted by molar-refractivity contribution is -0.116. The smallest absolute Gasteiger partial charge is 0.156 e. The molecule has 1 unspecified atom stereocenters. The summed E-state index contributed by atoms with van der Waals surface area (Å²) in [5.74, 6) is 5.46. The highest BCUT2D eigenvalue weighted by atomic mass is 16.1. The topological polar surface area (TPSA) is 17.1 Å². The van der Waals surface area contributed by atoms with Crippen molar-refractivity contribution >= 4 is 5.78 Å². The molecule has 0 amide bonds. The molecule has 0 N–H and O–H groups in total. The van der Waals surface area contributed by atoms with E-state index < -0.39 is 0 Å². The van der Waals surface area contributed by atoms with Crippen LogP contribution < -0.4 is 0 Å². The maximum absolute atomic E-state index is 12.0. The van der Waals surface area contributed by atoms with Crippen LogP contribution in [0, 0.1) is 52.3 Å². The molecule has 0 heterocycles. The summed E-state index contributed by atoms with van der Waals surface area (Å²) >= 11 is 0. The molecule has 4 aliphatic rings. The molecule has 29 heavy (non-hydrogen) atoms. The minimum absolute atomic E-state index is 0.227. The molecule has 160 valence electrons. The van der Waals surface area contributed by atoms with Crippen molar-refractivity contribution < 1.29 is 4.79 Å². The summed E-state index contributed by atoms with van der Waals surface area (Å²) in [7, 11) is 0. The molecule has 0 aromatic heterocycles. The Kier molecular flexibility index (Phi) is 5.50. The lowest BCUT2D eigenvalue weighted by atomic mass is 9.48. The van der Waals surface area contributed by atoms with Crippen molar-refractivity contribution in [3.8, 4) is 0 Å². The van der Waals surface area contributed by atoms with Gasteiger partial charge in [-0.3, -0.25) is 4.79 Å². The zero-order valence-electron chi connectivity index (χ0n) is 19.6. The van der Waals surface area contributed by atoms with Gasteiger partial charge >= 0.3 is 0 Å². The van der Waals surface area contributed by atoms with E-state index >= 15 is 0 Å². The van der Waals surface area contributed by atoms with E-state index in [1.165, 1.54) is 31.3 Å². The van der Waals surface area contributed by atoms with Gasteiger partial charge in [-0.15, -0.1) is 0 Å². The van der Waals surface area contributed by atoms with Gasteiger partial charge in [0.2, 0.25) is 0 Å². The molecule has 0 aromatic carbocycles. The van der Waals surface area contributed by atoms with Gasteiger partial charge in [-0.2, -0.15) is 0 Å². The minimum atomic E-state index is 0.227. The van der Waals surface area contributed by atoms with Gasteiger partial charge in [0.25, 0.3) is 0 Å². The molecule has 2 fully saturated rings. The number of allylic oxidation sites excluding steroid dienone is 6. The highest BCUT2D eigenvalue weighted by Gasteiger charge is 2.58. The first-order chi connectivity index (χ1) is 13.7. The molecule has 8 atom stereocenters. The van der Waals surface area contributed by atoms with Gasteiger partial charge in [0.1, 0.15) is 0 Å². The van der Waals surface area contributed by atoms with Crippen LogP contribution in [0.15, 0.2) is 36.0 Å². The monoisotopic (exact) mass is 394 g/mol. The molecule has 0 radical (unpaired) electrons. The van der Waals surface area contributed by atoms with Crippen molar-refractivity contribution in [2.75, 3.05) is 0 Å². The van der Waals surface area contributed by atoms with E-state index in [0.29, 0.717) is 29.0 Å². The van der Waals surface area contributed by atoms with Crippen molar-refractivity contribution in [2.45, 2.75) is 80.1 Å². The average molecular weight is 395 g/mol. The molecule has 1 nitrogen and oxygen atoms in total. The molecule has 4 aliphatic carbocycles. The molecule has 0 aromatic rings. The summed E-state index contributed by atoms with van der Waals surface area (Å²) in [6.45, 7) is 14.6. The molecule has 1 heteroatoms. The van der Waals surface area contributed by atoms with Crippen molar-refractivity contribution in [1.29, 1.82) is 0 Å². The van der Waals surface area contributed by atoms with E-state index in [0.717, 1.165) is 36.5 Å². The van der Waals surface area contributed by atoms with E-state index in [-0.39, 0.29) is 5.41 Å². The lowest BCUT2D eigenvalue weighted by Crippen LogP contribution is -2.49. The number of ketones is 1. The third-order valence-electron chi connectivity index (χ3n) is 9.99. The lowest BCUT2D eigenvalue weighted by Gasteiger charge is -2.56. The molecule has 0 spiro atoms. The van der Waals surface area contributed by atoms with Crippen LogP contribution in [-0.4, -0.2) is 5.78 Å². The Hall–Kier alpha value is -1.11. The molecule has 2 saturated carbocycles. The fourth-order valence-electron chi connectivity index (χ4n) is 7.61. The third-order valence-corrected chi connectivity index (χ3v) is 9.99. The van der Waals surface area contributed by atoms with Gasteiger partial charge in [-0.05, 0) is 96.0 Å². The van der Waals surface area contributed by atoms with Gasteiger partial charge in [-0.25, -0.2) is 0 Å². The quantitative estimate of drug-likeness (QED) is 0.454. The van der Waals surface area contributed by atoms with Crippen LogP contribution in [-0.2, 0) is 4.79 Å². The van der Waals surface area contributed by atoms with Gasteiger partial charge in [0, 0.05) is 6.42 Å². The van der Waals surface area contributed by atoms with Gasteiger partial charge in [-0.1, -0.05) is 65.8 Å². The van der Waals surface area contributed by atoms with Crippen LogP contribution in [0.25, 0.3) is 0 Å². The Balaban J connectivity index is 1.57. The maximum atomic E-state index is 12.0. The average Bonchev–Trinajstić information content (AvgIpc) is 3.03. The van der Waals surface area contributed by atoms with Crippen LogP contribution in [0.5, 0.6) is 0 Å². The summed E-state index contributed by atoms with van der Waals surface area (Å²) in [6.07, 6.45) is 19.1. The molecule has 4 rings (SSSR count). The summed E-state index contributed by atoms with van der Waals surface area (Å²) in [5.41, 5.74) is 2.02. The number of carbonyl (C=O) groups excluding carboxylic acids is 1. The van der Waals surface area contributed by atoms with E-state index in [2.05, 4.69) is 65.8 Å². The summed E-state index contributed by atoms with van der Waals surface area (Å²) < 4.78 is 0. The third kappa shape index (κ3) is 3.41. The standard InChI is InChI=1S/C28H42O/c1-18(2)19(3)7-8-20(4)24-11-12-25-23-10-9-21-17-22(29)13-15-27(21,5)26(23)14-16-28(24,25)6/h7-10,17-20,23-26H,11-16H2,1-6H3/t19?,20-,23+,24-,25+,26+,27+,28-/m1/s1. The second kappa shape index (κ2) is 7.54. The number of fused-ring (bicyclic) bond motifs is 5. The Labute approximate surface area is 179 Å². The Morgan fingerprint density at radius 1 is 1.00 bits per heavy atom. The van der Waals surface area contributed by atoms with Crippen molar-refractivity contribution in [3.05, 3.63) is 36.0 Å². The maximum Gasteiger partial charge on any atom is 0.156 e. The number of hydrogen-bond acceptors (Lipinski definition) is 1. The van der Waals surface area contributed by atoms with E-state index in [9.17, 15) is 4.79 Å². The Morgan fingerprint density at radius 3 is 2.48 bits per heavy atom. The summed E-state index contributed by atoms with van der Waals surface area (Å²) in [6, 6.07) is 0. The zero-order chi connectivity index (χ0) is 21.0. The predicted molar refractivity (Wildman–Crippen MR) is 122 cm³/mol. The van der Waals surface area contributed by atoms with Crippen molar-refractivity contribution in [1.82, 2.24) is 0 Å².